The number of halogens is 1. The highest BCUT2D eigenvalue weighted by atomic mass is 35.5. The van der Waals surface area contributed by atoms with Gasteiger partial charge in [0.1, 0.15) is 11.8 Å². The smallest absolute Gasteiger partial charge is 0.325 e. The molecule has 0 heterocycles. The zero-order valence-electron chi connectivity index (χ0n) is 10.6. The molecular formula is C15H14ClNO3. The topological polar surface area (TPSA) is 69.6 Å². The van der Waals surface area contributed by atoms with Crippen LogP contribution in [0.25, 0.3) is 0 Å². The molecule has 1 unspecified atom stereocenters. The van der Waals surface area contributed by atoms with Gasteiger partial charge in [-0.15, -0.1) is 0 Å². The van der Waals surface area contributed by atoms with Crippen LogP contribution in [-0.2, 0) is 11.3 Å². The molecule has 1 atom stereocenters. The van der Waals surface area contributed by atoms with Gasteiger partial charge in [-0.1, -0.05) is 48.0 Å². The first-order chi connectivity index (χ1) is 9.58. The summed E-state index contributed by atoms with van der Waals surface area (Å²) in [7, 11) is 0. The van der Waals surface area contributed by atoms with E-state index < -0.39 is 12.0 Å². The maximum Gasteiger partial charge on any atom is 0.325 e. The van der Waals surface area contributed by atoms with Crippen molar-refractivity contribution in [1.82, 2.24) is 5.32 Å². The van der Waals surface area contributed by atoms with Gasteiger partial charge >= 0.3 is 5.97 Å². The summed E-state index contributed by atoms with van der Waals surface area (Å²) in [6.07, 6.45) is 0. The molecule has 0 saturated carbocycles. The van der Waals surface area contributed by atoms with Crippen molar-refractivity contribution in [2.45, 2.75) is 12.6 Å². The molecular weight excluding hydrogens is 278 g/mol. The minimum atomic E-state index is -0.943. The van der Waals surface area contributed by atoms with Crippen molar-refractivity contribution in [3.8, 4) is 5.75 Å². The van der Waals surface area contributed by atoms with Crippen molar-refractivity contribution in [2.75, 3.05) is 0 Å². The Morgan fingerprint density at radius 2 is 1.90 bits per heavy atom. The number of hydrogen-bond donors (Lipinski definition) is 3. The number of carbonyl (C=O) groups is 1. The zero-order valence-corrected chi connectivity index (χ0v) is 11.3. The molecule has 20 heavy (non-hydrogen) atoms. The molecule has 0 fully saturated rings. The lowest BCUT2D eigenvalue weighted by Gasteiger charge is -2.15. The monoisotopic (exact) mass is 291 g/mol. The van der Waals surface area contributed by atoms with Gasteiger partial charge in [0.15, 0.2) is 0 Å². The maximum absolute atomic E-state index is 11.3. The van der Waals surface area contributed by atoms with E-state index in [4.69, 9.17) is 11.6 Å². The van der Waals surface area contributed by atoms with E-state index in [1.165, 1.54) is 6.07 Å². The van der Waals surface area contributed by atoms with Gasteiger partial charge in [-0.25, -0.2) is 0 Å². The highest BCUT2D eigenvalue weighted by Crippen LogP contribution is 2.24. The van der Waals surface area contributed by atoms with Crippen molar-refractivity contribution < 1.29 is 15.0 Å². The van der Waals surface area contributed by atoms with Crippen LogP contribution in [0.1, 0.15) is 17.2 Å². The van der Waals surface area contributed by atoms with Crippen LogP contribution in [0, 0.1) is 0 Å². The molecule has 0 aliphatic heterocycles. The molecule has 2 rings (SSSR count). The summed E-state index contributed by atoms with van der Waals surface area (Å²) in [5.74, 6) is -0.936. The lowest BCUT2D eigenvalue weighted by molar-refractivity contribution is -0.139. The molecule has 3 N–H and O–H groups in total. The Balaban J connectivity index is 2.10. The number of carboxylic acid groups (broad SMARTS) is 1. The number of phenols is 1. The number of aromatic hydroxyl groups is 1. The quantitative estimate of drug-likeness (QED) is 0.792. The number of nitrogens with one attached hydrogen (secondary N) is 1. The standard InChI is InChI=1S/C15H14ClNO3/c16-12-8-10(6-7-13(12)18)9-17-14(15(19)20)11-4-2-1-3-5-11/h1-8,14,17-18H,9H2,(H,19,20). The summed E-state index contributed by atoms with van der Waals surface area (Å²) in [5.41, 5.74) is 1.49. The third-order valence-corrected chi connectivity index (χ3v) is 3.20. The maximum atomic E-state index is 11.3. The summed E-state index contributed by atoms with van der Waals surface area (Å²) in [6.45, 7) is 0.339. The van der Waals surface area contributed by atoms with Gasteiger partial charge < -0.3 is 10.2 Å². The fraction of sp³-hybridized carbons (Fsp3) is 0.133. The largest absolute Gasteiger partial charge is 0.506 e. The third-order valence-electron chi connectivity index (χ3n) is 2.90. The number of phenolic OH excluding ortho intramolecular Hbond substituents is 1. The minimum absolute atomic E-state index is 0.00765. The van der Waals surface area contributed by atoms with Gasteiger partial charge in [-0.05, 0) is 23.3 Å². The van der Waals surface area contributed by atoms with Gasteiger partial charge in [0.25, 0.3) is 0 Å². The summed E-state index contributed by atoms with van der Waals surface area (Å²) in [5, 5.41) is 21.8. The van der Waals surface area contributed by atoms with E-state index in [0.717, 1.165) is 5.56 Å². The molecule has 104 valence electrons. The first-order valence-electron chi connectivity index (χ1n) is 6.06. The fourth-order valence-corrected chi connectivity index (χ4v) is 2.08. The minimum Gasteiger partial charge on any atom is -0.506 e. The molecule has 0 amide bonds. The van der Waals surface area contributed by atoms with Crippen LogP contribution in [0.2, 0.25) is 5.02 Å². The van der Waals surface area contributed by atoms with Crippen molar-refractivity contribution in [2.24, 2.45) is 0 Å². The van der Waals surface area contributed by atoms with E-state index in [2.05, 4.69) is 5.32 Å². The summed E-state index contributed by atoms with van der Waals surface area (Å²) in [4.78, 5) is 11.3. The van der Waals surface area contributed by atoms with E-state index in [0.29, 0.717) is 12.1 Å². The summed E-state index contributed by atoms with van der Waals surface area (Å²) >= 11 is 5.81. The molecule has 0 radical (unpaired) electrons. The van der Waals surface area contributed by atoms with Crippen LogP contribution in [0.15, 0.2) is 48.5 Å². The second-order valence-corrected chi connectivity index (χ2v) is 4.76. The molecule has 0 aliphatic carbocycles. The molecule has 5 heteroatoms. The molecule has 0 saturated heterocycles. The number of aliphatic carboxylic acids is 1. The Bertz CT molecular complexity index is 601. The van der Waals surface area contributed by atoms with Crippen LogP contribution in [0.5, 0.6) is 5.75 Å². The normalized spacial score (nSPS) is 12.1. The summed E-state index contributed by atoms with van der Waals surface area (Å²) < 4.78 is 0. The van der Waals surface area contributed by atoms with Crippen LogP contribution in [0.3, 0.4) is 0 Å². The average molecular weight is 292 g/mol. The third kappa shape index (κ3) is 3.50. The molecule has 4 nitrogen and oxygen atoms in total. The number of benzene rings is 2. The fourth-order valence-electron chi connectivity index (χ4n) is 1.87. The zero-order chi connectivity index (χ0) is 14.5. The first-order valence-corrected chi connectivity index (χ1v) is 6.44. The van der Waals surface area contributed by atoms with Gasteiger partial charge in [-0.2, -0.15) is 0 Å². The molecule has 2 aromatic carbocycles. The summed E-state index contributed by atoms with van der Waals surface area (Å²) in [6, 6.07) is 12.9. The second-order valence-electron chi connectivity index (χ2n) is 4.35. The molecule has 0 aromatic heterocycles. The molecule has 0 bridgehead atoms. The van der Waals surface area contributed by atoms with Crippen LogP contribution in [0.4, 0.5) is 0 Å². The number of carboxylic acids is 1. The Morgan fingerprint density at radius 1 is 1.20 bits per heavy atom. The van der Waals surface area contributed by atoms with Crippen LogP contribution < -0.4 is 5.32 Å². The highest BCUT2D eigenvalue weighted by Gasteiger charge is 2.18. The highest BCUT2D eigenvalue weighted by molar-refractivity contribution is 6.32. The van der Waals surface area contributed by atoms with Crippen molar-refractivity contribution in [3.05, 3.63) is 64.7 Å². The van der Waals surface area contributed by atoms with Crippen molar-refractivity contribution in [1.29, 1.82) is 0 Å². The van der Waals surface area contributed by atoms with Gasteiger partial charge in [0, 0.05) is 6.54 Å². The van der Waals surface area contributed by atoms with Gasteiger partial charge in [0.2, 0.25) is 0 Å². The Labute approximate surface area is 121 Å². The Kier molecular flexibility index (Phi) is 4.61. The molecule has 2 aromatic rings. The van der Waals surface area contributed by atoms with Crippen LogP contribution >= 0.6 is 11.6 Å². The second kappa shape index (κ2) is 6.41. The first kappa shape index (κ1) is 14.4. The van der Waals surface area contributed by atoms with E-state index in [1.54, 1.807) is 36.4 Å². The van der Waals surface area contributed by atoms with Crippen molar-refractivity contribution in [3.63, 3.8) is 0 Å². The Morgan fingerprint density at radius 3 is 2.50 bits per heavy atom. The predicted molar refractivity (Wildman–Crippen MR) is 76.8 cm³/mol. The van der Waals surface area contributed by atoms with Gasteiger partial charge in [0.05, 0.1) is 5.02 Å². The lowest BCUT2D eigenvalue weighted by atomic mass is 10.1. The van der Waals surface area contributed by atoms with Crippen molar-refractivity contribution >= 4 is 17.6 Å². The molecule has 0 aliphatic rings. The predicted octanol–water partition coefficient (Wildman–Crippen LogP) is 2.96. The molecule has 0 spiro atoms. The van der Waals surface area contributed by atoms with E-state index >= 15 is 0 Å². The SMILES string of the molecule is O=C(O)C(NCc1ccc(O)c(Cl)c1)c1ccccc1. The van der Waals surface area contributed by atoms with Crippen LogP contribution in [-0.4, -0.2) is 16.2 Å². The van der Waals surface area contributed by atoms with Gasteiger partial charge in [-0.3, -0.25) is 10.1 Å². The lowest BCUT2D eigenvalue weighted by Crippen LogP contribution is -2.28. The number of hydrogen-bond acceptors (Lipinski definition) is 3. The van der Waals surface area contributed by atoms with E-state index in [1.807, 2.05) is 6.07 Å². The van der Waals surface area contributed by atoms with E-state index in [-0.39, 0.29) is 10.8 Å². The Hall–Kier alpha value is -2.04. The van der Waals surface area contributed by atoms with E-state index in [9.17, 15) is 15.0 Å². The average Bonchev–Trinajstić information content (AvgIpc) is 2.44. The number of rotatable bonds is 5.